The van der Waals surface area contributed by atoms with Crippen LogP contribution in [-0.2, 0) is 0 Å². The highest BCUT2D eigenvalue weighted by Crippen LogP contribution is 2.13. The van der Waals surface area contributed by atoms with E-state index < -0.39 is 0 Å². The highest BCUT2D eigenvalue weighted by molar-refractivity contribution is 5.74. The summed E-state index contributed by atoms with van der Waals surface area (Å²) >= 11 is 0. The SMILES string of the molecule is CCCNC(=O)N1CC(C)C(N)C1. The molecule has 1 rings (SSSR count). The highest BCUT2D eigenvalue weighted by Gasteiger charge is 2.29. The van der Waals surface area contributed by atoms with E-state index in [2.05, 4.69) is 12.2 Å². The van der Waals surface area contributed by atoms with Gasteiger partial charge in [-0.15, -0.1) is 0 Å². The molecule has 1 aliphatic rings. The molecule has 1 aliphatic heterocycles. The smallest absolute Gasteiger partial charge is 0.317 e. The number of likely N-dealkylation sites (tertiary alicyclic amines) is 1. The molecule has 0 bridgehead atoms. The molecule has 76 valence electrons. The van der Waals surface area contributed by atoms with E-state index in [9.17, 15) is 4.79 Å². The molecule has 2 amide bonds. The highest BCUT2D eigenvalue weighted by atomic mass is 16.2. The number of hydrogen-bond donors (Lipinski definition) is 2. The van der Waals surface area contributed by atoms with E-state index in [0.29, 0.717) is 12.5 Å². The Balaban J connectivity index is 2.33. The van der Waals surface area contributed by atoms with Crippen molar-refractivity contribution in [2.75, 3.05) is 19.6 Å². The minimum absolute atomic E-state index is 0.0293. The van der Waals surface area contributed by atoms with Gasteiger partial charge in [0.1, 0.15) is 0 Å². The largest absolute Gasteiger partial charge is 0.338 e. The molecule has 13 heavy (non-hydrogen) atoms. The van der Waals surface area contributed by atoms with Crippen molar-refractivity contribution in [2.45, 2.75) is 26.3 Å². The first-order valence-corrected chi connectivity index (χ1v) is 4.93. The van der Waals surface area contributed by atoms with Crippen LogP contribution in [0.2, 0.25) is 0 Å². The van der Waals surface area contributed by atoms with Crippen LogP contribution in [0.5, 0.6) is 0 Å². The zero-order valence-corrected chi connectivity index (χ0v) is 8.42. The minimum atomic E-state index is 0.0293. The van der Waals surface area contributed by atoms with Crippen LogP contribution in [0.15, 0.2) is 0 Å². The topological polar surface area (TPSA) is 58.4 Å². The monoisotopic (exact) mass is 185 g/mol. The van der Waals surface area contributed by atoms with E-state index in [1.54, 1.807) is 4.90 Å². The van der Waals surface area contributed by atoms with Gasteiger partial charge in [-0.3, -0.25) is 0 Å². The summed E-state index contributed by atoms with van der Waals surface area (Å²) in [5.41, 5.74) is 5.81. The maximum Gasteiger partial charge on any atom is 0.317 e. The summed E-state index contributed by atoms with van der Waals surface area (Å²) in [6, 6.07) is 0.175. The van der Waals surface area contributed by atoms with Crippen molar-refractivity contribution in [1.29, 1.82) is 0 Å². The minimum Gasteiger partial charge on any atom is -0.338 e. The maximum absolute atomic E-state index is 11.5. The van der Waals surface area contributed by atoms with Crippen LogP contribution in [-0.4, -0.2) is 36.6 Å². The van der Waals surface area contributed by atoms with Gasteiger partial charge in [0.2, 0.25) is 0 Å². The van der Waals surface area contributed by atoms with Gasteiger partial charge in [-0.1, -0.05) is 13.8 Å². The maximum atomic E-state index is 11.5. The molecule has 4 heteroatoms. The van der Waals surface area contributed by atoms with Gasteiger partial charge < -0.3 is 16.0 Å². The third-order valence-electron chi connectivity index (χ3n) is 2.48. The van der Waals surface area contributed by atoms with Crippen molar-refractivity contribution >= 4 is 6.03 Å². The third kappa shape index (κ3) is 2.59. The lowest BCUT2D eigenvalue weighted by Crippen LogP contribution is -2.40. The Labute approximate surface area is 79.5 Å². The fourth-order valence-corrected chi connectivity index (χ4v) is 1.50. The number of nitrogens with zero attached hydrogens (tertiary/aromatic N) is 1. The summed E-state index contributed by atoms with van der Waals surface area (Å²) in [6.07, 6.45) is 0.973. The fourth-order valence-electron chi connectivity index (χ4n) is 1.50. The van der Waals surface area contributed by atoms with E-state index in [-0.39, 0.29) is 12.1 Å². The van der Waals surface area contributed by atoms with Crippen molar-refractivity contribution in [3.8, 4) is 0 Å². The first-order chi connectivity index (χ1) is 6.15. The Kier molecular flexibility index (Phi) is 3.54. The Morgan fingerprint density at radius 1 is 1.62 bits per heavy atom. The normalized spacial score (nSPS) is 27.8. The summed E-state index contributed by atoms with van der Waals surface area (Å²) in [5.74, 6) is 0.423. The predicted octanol–water partition coefficient (Wildman–Crippen LogP) is 0.385. The van der Waals surface area contributed by atoms with Gasteiger partial charge in [0.05, 0.1) is 0 Å². The second-order valence-electron chi connectivity index (χ2n) is 3.78. The molecule has 2 unspecified atom stereocenters. The zero-order chi connectivity index (χ0) is 9.84. The molecule has 0 radical (unpaired) electrons. The number of nitrogens with one attached hydrogen (secondary N) is 1. The van der Waals surface area contributed by atoms with E-state index in [1.807, 2.05) is 6.92 Å². The van der Waals surface area contributed by atoms with Gasteiger partial charge in [-0.05, 0) is 12.3 Å². The second-order valence-corrected chi connectivity index (χ2v) is 3.78. The van der Waals surface area contributed by atoms with Crippen LogP contribution in [0.4, 0.5) is 4.79 Å². The van der Waals surface area contributed by atoms with Gasteiger partial charge in [0, 0.05) is 25.7 Å². The van der Waals surface area contributed by atoms with E-state index >= 15 is 0 Å². The summed E-state index contributed by atoms with van der Waals surface area (Å²) < 4.78 is 0. The number of rotatable bonds is 2. The molecule has 0 aromatic heterocycles. The second kappa shape index (κ2) is 4.46. The average molecular weight is 185 g/mol. The molecule has 4 nitrogen and oxygen atoms in total. The van der Waals surface area contributed by atoms with Crippen LogP contribution in [0.25, 0.3) is 0 Å². The Morgan fingerprint density at radius 2 is 2.31 bits per heavy atom. The molecule has 0 aliphatic carbocycles. The quantitative estimate of drug-likeness (QED) is 0.653. The van der Waals surface area contributed by atoms with Gasteiger partial charge in [-0.25, -0.2) is 4.79 Å². The Hall–Kier alpha value is -0.770. The number of carbonyl (C=O) groups is 1. The zero-order valence-electron chi connectivity index (χ0n) is 8.42. The molecule has 2 atom stereocenters. The van der Waals surface area contributed by atoms with Crippen molar-refractivity contribution in [3.05, 3.63) is 0 Å². The van der Waals surface area contributed by atoms with Gasteiger partial charge in [0.15, 0.2) is 0 Å². The van der Waals surface area contributed by atoms with E-state index in [0.717, 1.165) is 19.5 Å². The molecule has 1 heterocycles. The van der Waals surface area contributed by atoms with Gasteiger partial charge in [-0.2, -0.15) is 0 Å². The van der Waals surface area contributed by atoms with Crippen LogP contribution >= 0.6 is 0 Å². The molecule has 0 aromatic carbocycles. The Bertz CT molecular complexity index is 174. The number of carbonyl (C=O) groups excluding carboxylic acids is 1. The van der Waals surface area contributed by atoms with Crippen molar-refractivity contribution < 1.29 is 4.79 Å². The number of hydrogen-bond acceptors (Lipinski definition) is 2. The van der Waals surface area contributed by atoms with Crippen molar-refractivity contribution in [2.24, 2.45) is 11.7 Å². The number of urea groups is 1. The van der Waals surface area contributed by atoms with Gasteiger partial charge in [0.25, 0.3) is 0 Å². The fraction of sp³-hybridized carbons (Fsp3) is 0.889. The first kappa shape index (κ1) is 10.3. The molecular weight excluding hydrogens is 166 g/mol. The van der Waals surface area contributed by atoms with E-state index in [4.69, 9.17) is 5.73 Å². The summed E-state index contributed by atoms with van der Waals surface area (Å²) in [4.78, 5) is 13.3. The lowest BCUT2D eigenvalue weighted by atomic mass is 10.1. The molecule has 0 spiro atoms. The standard InChI is InChI=1S/C9H19N3O/c1-3-4-11-9(13)12-5-7(2)8(10)6-12/h7-8H,3-6,10H2,1-2H3,(H,11,13). The van der Waals surface area contributed by atoms with Crippen LogP contribution in [0, 0.1) is 5.92 Å². The summed E-state index contributed by atoms with van der Waals surface area (Å²) in [5, 5.41) is 2.85. The molecule has 1 saturated heterocycles. The van der Waals surface area contributed by atoms with Crippen molar-refractivity contribution in [3.63, 3.8) is 0 Å². The average Bonchev–Trinajstić information content (AvgIpc) is 2.43. The summed E-state index contributed by atoms with van der Waals surface area (Å²) in [6.45, 7) is 6.35. The lowest BCUT2D eigenvalue weighted by molar-refractivity contribution is 0.207. The molecular formula is C9H19N3O. The van der Waals surface area contributed by atoms with Crippen LogP contribution in [0.1, 0.15) is 20.3 Å². The lowest BCUT2D eigenvalue weighted by Gasteiger charge is -2.16. The number of amides is 2. The third-order valence-corrected chi connectivity index (χ3v) is 2.48. The molecule has 0 aromatic rings. The van der Waals surface area contributed by atoms with E-state index in [1.165, 1.54) is 0 Å². The molecule has 3 N–H and O–H groups in total. The Morgan fingerprint density at radius 3 is 2.77 bits per heavy atom. The predicted molar refractivity (Wildman–Crippen MR) is 52.4 cm³/mol. The van der Waals surface area contributed by atoms with Gasteiger partial charge >= 0.3 is 6.03 Å². The van der Waals surface area contributed by atoms with Crippen LogP contribution < -0.4 is 11.1 Å². The van der Waals surface area contributed by atoms with Crippen molar-refractivity contribution in [1.82, 2.24) is 10.2 Å². The molecule has 1 fully saturated rings. The molecule has 0 saturated carbocycles. The summed E-state index contributed by atoms with van der Waals surface area (Å²) in [7, 11) is 0. The van der Waals surface area contributed by atoms with Crippen LogP contribution in [0.3, 0.4) is 0 Å². The first-order valence-electron chi connectivity index (χ1n) is 4.93. The number of nitrogens with two attached hydrogens (primary N) is 1.